The monoisotopic (exact) mass is 311 g/mol. The summed E-state index contributed by atoms with van der Waals surface area (Å²) < 4.78 is 14.7. The molecule has 0 saturated heterocycles. The van der Waals surface area contributed by atoms with E-state index >= 15 is 0 Å². The number of carbonyl (C=O) groups is 1. The van der Waals surface area contributed by atoms with Crippen LogP contribution in [0.2, 0.25) is 0 Å². The third-order valence-corrected chi connectivity index (χ3v) is 3.95. The Morgan fingerprint density at radius 1 is 1.17 bits per heavy atom. The highest BCUT2D eigenvalue weighted by molar-refractivity contribution is 5.81. The number of aromatic nitrogens is 2. The summed E-state index contributed by atoms with van der Waals surface area (Å²) in [5, 5.41) is 2.84. The smallest absolute Gasteiger partial charge is 0.240 e. The van der Waals surface area contributed by atoms with Crippen LogP contribution < -0.4 is 5.32 Å². The fourth-order valence-electron chi connectivity index (χ4n) is 2.45. The number of rotatable bonds is 4. The van der Waals surface area contributed by atoms with E-state index in [1.54, 1.807) is 18.5 Å². The lowest BCUT2D eigenvalue weighted by Crippen LogP contribution is -2.26. The number of nitrogens with one attached hydrogen (secondary N) is 1. The second-order valence-electron chi connectivity index (χ2n) is 5.70. The molecular formula is C18H18FN3O. The maximum Gasteiger partial charge on any atom is 0.240 e. The van der Waals surface area contributed by atoms with Gasteiger partial charge in [0.2, 0.25) is 5.91 Å². The molecule has 0 aliphatic heterocycles. The number of fused-ring (bicyclic) bond motifs is 1. The molecule has 0 unspecified atom stereocenters. The first kappa shape index (κ1) is 15.2. The SMILES string of the molecule is Cc1cc2ncn(CC(=O)NCc3ccc(F)cc3)c2cc1C. The Morgan fingerprint density at radius 2 is 1.87 bits per heavy atom. The summed E-state index contributed by atoms with van der Waals surface area (Å²) in [6.45, 7) is 4.67. The van der Waals surface area contributed by atoms with Gasteiger partial charge >= 0.3 is 0 Å². The van der Waals surface area contributed by atoms with Gasteiger partial charge < -0.3 is 9.88 Å². The molecule has 23 heavy (non-hydrogen) atoms. The molecule has 3 rings (SSSR count). The van der Waals surface area contributed by atoms with Crippen molar-refractivity contribution >= 4 is 16.9 Å². The van der Waals surface area contributed by atoms with Crippen LogP contribution in [-0.4, -0.2) is 15.5 Å². The van der Waals surface area contributed by atoms with E-state index < -0.39 is 0 Å². The molecule has 1 aromatic heterocycles. The van der Waals surface area contributed by atoms with Gasteiger partial charge in [-0.2, -0.15) is 0 Å². The fourth-order valence-corrected chi connectivity index (χ4v) is 2.45. The van der Waals surface area contributed by atoms with Gasteiger partial charge in [0.15, 0.2) is 0 Å². The van der Waals surface area contributed by atoms with Gasteiger partial charge in [-0.15, -0.1) is 0 Å². The van der Waals surface area contributed by atoms with Crippen molar-refractivity contribution in [3.05, 3.63) is 65.2 Å². The van der Waals surface area contributed by atoms with Gasteiger partial charge in [0.25, 0.3) is 0 Å². The summed E-state index contributed by atoms with van der Waals surface area (Å²) >= 11 is 0. The maximum absolute atomic E-state index is 12.8. The summed E-state index contributed by atoms with van der Waals surface area (Å²) in [6.07, 6.45) is 1.68. The topological polar surface area (TPSA) is 46.9 Å². The Kier molecular flexibility index (Phi) is 4.10. The van der Waals surface area contributed by atoms with Gasteiger partial charge in [-0.1, -0.05) is 12.1 Å². The van der Waals surface area contributed by atoms with E-state index in [1.807, 2.05) is 30.5 Å². The maximum atomic E-state index is 12.8. The summed E-state index contributed by atoms with van der Waals surface area (Å²) in [4.78, 5) is 16.5. The average Bonchev–Trinajstić information content (AvgIpc) is 2.89. The van der Waals surface area contributed by atoms with E-state index in [1.165, 1.54) is 23.3 Å². The molecular weight excluding hydrogens is 293 g/mol. The first-order valence-electron chi connectivity index (χ1n) is 7.46. The van der Waals surface area contributed by atoms with Crippen LogP contribution in [0.15, 0.2) is 42.7 Å². The van der Waals surface area contributed by atoms with Crippen molar-refractivity contribution in [2.45, 2.75) is 26.9 Å². The number of hydrogen-bond acceptors (Lipinski definition) is 2. The van der Waals surface area contributed by atoms with E-state index in [-0.39, 0.29) is 18.3 Å². The lowest BCUT2D eigenvalue weighted by atomic mass is 10.1. The van der Waals surface area contributed by atoms with Crippen molar-refractivity contribution in [2.24, 2.45) is 0 Å². The Labute approximate surface area is 134 Å². The van der Waals surface area contributed by atoms with E-state index in [4.69, 9.17) is 0 Å². The van der Waals surface area contributed by atoms with Gasteiger partial charge in [-0.3, -0.25) is 4.79 Å². The molecule has 1 heterocycles. The molecule has 0 saturated carbocycles. The van der Waals surface area contributed by atoms with Crippen LogP contribution in [0, 0.1) is 19.7 Å². The van der Waals surface area contributed by atoms with Crippen molar-refractivity contribution in [1.29, 1.82) is 0 Å². The minimum Gasteiger partial charge on any atom is -0.350 e. The molecule has 0 aliphatic rings. The molecule has 3 aromatic rings. The van der Waals surface area contributed by atoms with Gasteiger partial charge in [0.1, 0.15) is 12.4 Å². The zero-order chi connectivity index (χ0) is 16.4. The number of halogens is 1. The summed E-state index contributed by atoms with van der Waals surface area (Å²) in [7, 11) is 0. The molecule has 0 fully saturated rings. The van der Waals surface area contributed by atoms with Crippen LogP contribution in [0.4, 0.5) is 4.39 Å². The molecule has 2 aromatic carbocycles. The molecule has 5 heteroatoms. The molecule has 0 aliphatic carbocycles. The zero-order valence-corrected chi connectivity index (χ0v) is 13.1. The first-order valence-corrected chi connectivity index (χ1v) is 7.46. The number of hydrogen-bond donors (Lipinski definition) is 1. The van der Waals surface area contributed by atoms with E-state index in [9.17, 15) is 9.18 Å². The molecule has 1 amide bonds. The Balaban J connectivity index is 1.68. The molecule has 4 nitrogen and oxygen atoms in total. The molecule has 0 atom stereocenters. The van der Waals surface area contributed by atoms with Crippen molar-refractivity contribution in [3.63, 3.8) is 0 Å². The predicted octanol–water partition coefficient (Wildman–Crippen LogP) is 3.11. The second-order valence-corrected chi connectivity index (χ2v) is 5.70. The normalized spacial score (nSPS) is 10.9. The highest BCUT2D eigenvalue weighted by Crippen LogP contribution is 2.18. The number of aryl methyl sites for hydroxylation is 2. The highest BCUT2D eigenvalue weighted by Gasteiger charge is 2.08. The summed E-state index contributed by atoms with van der Waals surface area (Å²) in [6, 6.07) is 10.2. The van der Waals surface area contributed by atoms with Crippen LogP contribution in [0.5, 0.6) is 0 Å². The Morgan fingerprint density at radius 3 is 2.61 bits per heavy atom. The molecule has 118 valence electrons. The lowest BCUT2D eigenvalue weighted by Gasteiger charge is -2.08. The van der Waals surface area contributed by atoms with Crippen LogP contribution in [0.25, 0.3) is 11.0 Å². The van der Waals surface area contributed by atoms with Gasteiger partial charge in [-0.25, -0.2) is 9.37 Å². The molecule has 1 N–H and O–H groups in total. The Bertz CT molecular complexity index is 853. The minimum atomic E-state index is -0.282. The van der Waals surface area contributed by atoms with Crippen molar-refractivity contribution in [3.8, 4) is 0 Å². The van der Waals surface area contributed by atoms with E-state index in [0.717, 1.165) is 16.6 Å². The number of amides is 1. The third-order valence-electron chi connectivity index (χ3n) is 3.95. The largest absolute Gasteiger partial charge is 0.350 e. The molecule has 0 radical (unpaired) electrons. The zero-order valence-electron chi connectivity index (χ0n) is 13.1. The summed E-state index contributed by atoms with van der Waals surface area (Å²) in [5.74, 6) is -0.387. The first-order chi connectivity index (χ1) is 11.0. The van der Waals surface area contributed by atoms with Gasteiger partial charge in [0.05, 0.1) is 17.4 Å². The predicted molar refractivity (Wildman–Crippen MR) is 87.5 cm³/mol. The van der Waals surface area contributed by atoms with Crippen LogP contribution >= 0.6 is 0 Å². The van der Waals surface area contributed by atoms with Crippen molar-refractivity contribution < 1.29 is 9.18 Å². The van der Waals surface area contributed by atoms with Crippen LogP contribution in [0.3, 0.4) is 0 Å². The van der Waals surface area contributed by atoms with Crippen molar-refractivity contribution in [1.82, 2.24) is 14.9 Å². The van der Waals surface area contributed by atoms with E-state index in [2.05, 4.69) is 10.3 Å². The lowest BCUT2D eigenvalue weighted by molar-refractivity contribution is -0.121. The fraction of sp³-hybridized carbons (Fsp3) is 0.222. The third kappa shape index (κ3) is 3.39. The number of benzene rings is 2. The van der Waals surface area contributed by atoms with Gasteiger partial charge in [-0.05, 0) is 54.8 Å². The average molecular weight is 311 g/mol. The Hall–Kier alpha value is -2.69. The molecule has 0 spiro atoms. The second kappa shape index (κ2) is 6.20. The van der Waals surface area contributed by atoms with Crippen LogP contribution in [0.1, 0.15) is 16.7 Å². The summed E-state index contributed by atoms with van der Waals surface area (Å²) in [5.41, 5.74) is 5.06. The quantitative estimate of drug-likeness (QED) is 0.805. The number of imidazole rings is 1. The number of nitrogens with zero attached hydrogens (tertiary/aromatic N) is 2. The number of carbonyl (C=O) groups excluding carboxylic acids is 1. The van der Waals surface area contributed by atoms with Crippen LogP contribution in [-0.2, 0) is 17.9 Å². The highest BCUT2D eigenvalue weighted by atomic mass is 19.1. The van der Waals surface area contributed by atoms with Crippen molar-refractivity contribution in [2.75, 3.05) is 0 Å². The minimum absolute atomic E-state index is 0.105. The molecule has 0 bridgehead atoms. The van der Waals surface area contributed by atoms with E-state index in [0.29, 0.717) is 6.54 Å². The van der Waals surface area contributed by atoms with Gasteiger partial charge in [0, 0.05) is 6.54 Å². The standard InChI is InChI=1S/C18H18FN3O/c1-12-7-16-17(8-13(12)2)22(11-21-16)10-18(23)20-9-14-3-5-15(19)6-4-14/h3-8,11H,9-10H2,1-2H3,(H,20,23).